The SMILES string of the molecule is Cc1cccc2sc3n[nH]c(C#N)c3c12. The van der Waals surface area contributed by atoms with Crippen LogP contribution in [0, 0.1) is 18.3 Å². The van der Waals surface area contributed by atoms with Crippen LogP contribution in [0.3, 0.4) is 0 Å². The number of nitrogens with one attached hydrogen (secondary N) is 1. The lowest BCUT2D eigenvalue weighted by atomic mass is 10.1. The number of aromatic amines is 1. The fourth-order valence-electron chi connectivity index (χ4n) is 1.86. The number of H-pyrrole nitrogens is 1. The molecule has 2 heterocycles. The van der Waals surface area contributed by atoms with Gasteiger partial charge in [-0.2, -0.15) is 10.4 Å². The Morgan fingerprint density at radius 3 is 3.07 bits per heavy atom. The average Bonchev–Trinajstić information content (AvgIpc) is 2.75. The molecule has 0 bridgehead atoms. The molecule has 15 heavy (non-hydrogen) atoms. The standard InChI is InChI=1S/C11H7N3S/c1-6-3-2-4-8-9(6)10-7(5-12)13-14-11(10)15-8/h2-4H,1H3,(H,13,14). The van der Waals surface area contributed by atoms with Crippen LogP contribution in [0.4, 0.5) is 0 Å². The van der Waals surface area contributed by atoms with Crippen molar-refractivity contribution in [2.75, 3.05) is 0 Å². The molecule has 1 aromatic carbocycles. The lowest BCUT2D eigenvalue weighted by molar-refractivity contribution is 1.10. The molecule has 3 rings (SSSR count). The normalized spacial score (nSPS) is 10.9. The number of thiophene rings is 1. The minimum Gasteiger partial charge on any atom is -0.266 e. The highest BCUT2D eigenvalue weighted by Gasteiger charge is 2.13. The van der Waals surface area contributed by atoms with Gasteiger partial charge in [0.1, 0.15) is 16.6 Å². The lowest BCUT2D eigenvalue weighted by Gasteiger charge is -1.94. The summed E-state index contributed by atoms with van der Waals surface area (Å²) in [4.78, 5) is 0.913. The fourth-order valence-corrected chi connectivity index (χ4v) is 2.98. The minimum absolute atomic E-state index is 0.561. The van der Waals surface area contributed by atoms with Gasteiger partial charge in [-0.3, -0.25) is 5.10 Å². The lowest BCUT2D eigenvalue weighted by Crippen LogP contribution is -1.76. The molecule has 0 unspecified atom stereocenters. The zero-order valence-electron chi connectivity index (χ0n) is 8.03. The maximum atomic E-state index is 8.98. The first-order valence-corrected chi connectivity index (χ1v) is 5.39. The number of nitriles is 1. The van der Waals surface area contributed by atoms with E-state index in [1.807, 2.05) is 6.07 Å². The summed E-state index contributed by atoms with van der Waals surface area (Å²) in [5.41, 5.74) is 1.75. The molecule has 3 nitrogen and oxygen atoms in total. The Morgan fingerprint density at radius 1 is 1.40 bits per heavy atom. The predicted molar refractivity (Wildman–Crippen MR) is 60.9 cm³/mol. The maximum absolute atomic E-state index is 8.98. The van der Waals surface area contributed by atoms with E-state index in [0.717, 1.165) is 15.6 Å². The van der Waals surface area contributed by atoms with E-state index >= 15 is 0 Å². The molecule has 0 aliphatic rings. The van der Waals surface area contributed by atoms with Crippen molar-refractivity contribution >= 4 is 31.6 Å². The summed E-state index contributed by atoms with van der Waals surface area (Å²) in [5, 5.41) is 18.0. The van der Waals surface area contributed by atoms with E-state index in [0.29, 0.717) is 5.69 Å². The van der Waals surface area contributed by atoms with Gasteiger partial charge in [0.2, 0.25) is 0 Å². The van der Waals surface area contributed by atoms with E-state index in [1.54, 1.807) is 11.3 Å². The third-order valence-corrected chi connectivity index (χ3v) is 3.58. The number of aryl methyl sites for hydroxylation is 1. The number of benzene rings is 1. The van der Waals surface area contributed by atoms with Crippen molar-refractivity contribution in [2.24, 2.45) is 0 Å². The third kappa shape index (κ3) is 1.01. The van der Waals surface area contributed by atoms with Gasteiger partial charge >= 0.3 is 0 Å². The number of fused-ring (bicyclic) bond motifs is 3. The van der Waals surface area contributed by atoms with Crippen LogP contribution >= 0.6 is 11.3 Å². The average molecular weight is 213 g/mol. The van der Waals surface area contributed by atoms with Crippen LogP contribution < -0.4 is 0 Å². The van der Waals surface area contributed by atoms with E-state index in [9.17, 15) is 0 Å². The Kier molecular flexibility index (Phi) is 1.58. The van der Waals surface area contributed by atoms with Gasteiger partial charge in [-0.05, 0) is 18.6 Å². The molecule has 0 radical (unpaired) electrons. The van der Waals surface area contributed by atoms with E-state index < -0.39 is 0 Å². The van der Waals surface area contributed by atoms with Gasteiger partial charge < -0.3 is 0 Å². The van der Waals surface area contributed by atoms with Crippen LogP contribution in [0.2, 0.25) is 0 Å². The third-order valence-electron chi connectivity index (χ3n) is 2.54. The van der Waals surface area contributed by atoms with Crippen molar-refractivity contribution in [2.45, 2.75) is 6.92 Å². The van der Waals surface area contributed by atoms with Gasteiger partial charge in [0, 0.05) is 10.1 Å². The number of hydrogen-bond acceptors (Lipinski definition) is 3. The van der Waals surface area contributed by atoms with Crippen molar-refractivity contribution in [3.05, 3.63) is 29.5 Å². The first-order chi connectivity index (χ1) is 7.31. The molecule has 0 aliphatic heterocycles. The molecule has 0 saturated carbocycles. The summed E-state index contributed by atoms with van der Waals surface area (Å²) in [6.45, 7) is 2.06. The van der Waals surface area contributed by atoms with Crippen molar-refractivity contribution in [1.82, 2.24) is 10.2 Å². The number of hydrogen-bond donors (Lipinski definition) is 1. The Bertz CT molecular complexity index is 700. The fraction of sp³-hybridized carbons (Fsp3) is 0.0909. The first kappa shape index (κ1) is 8.45. The number of aromatic nitrogens is 2. The second-order valence-electron chi connectivity index (χ2n) is 3.44. The van der Waals surface area contributed by atoms with Gasteiger partial charge in [0.05, 0.1) is 5.39 Å². The van der Waals surface area contributed by atoms with Crippen molar-refractivity contribution in [1.29, 1.82) is 5.26 Å². The highest BCUT2D eigenvalue weighted by atomic mass is 32.1. The molecule has 2 aromatic heterocycles. The van der Waals surface area contributed by atoms with Crippen LogP contribution in [0.1, 0.15) is 11.3 Å². The van der Waals surface area contributed by atoms with Crippen LogP contribution in [0.5, 0.6) is 0 Å². The molecule has 0 fully saturated rings. The van der Waals surface area contributed by atoms with Gasteiger partial charge in [0.25, 0.3) is 0 Å². The molecular formula is C11H7N3S. The van der Waals surface area contributed by atoms with Crippen LogP contribution in [-0.2, 0) is 0 Å². The molecule has 0 spiro atoms. The van der Waals surface area contributed by atoms with E-state index in [2.05, 4.69) is 35.3 Å². The molecule has 0 atom stereocenters. The van der Waals surface area contributed by atoms with E-state index in [-0.39, 0.29) is 0 Å². The molecule has 0 saturated heterocycles. The van der Waals surface area contributed by atoms with Gasteiger partial charge in [-0.15, -0.1) is 11.3 Å². The summed E-state index contributed by atoms with van der Waals surface area (Å²) >= 11 is 1.62. The Balaban J connectivity index is 2.65. The zero-order chi connectivity index (χ0) is 10.4. The molecule has 0 aliphatic carbocycles. The summed E-state index contributed by atoms with van der Waals surface area (Å²) in [5.74, 6) is 0. The first-order valence-electron chi connectivity index (χ1n) is 4.57. The molecule has 4 heteroatoms. The summed E-state index contributed by atoms with van der Waals surface area (Å²) in [6.07, 6.45) is 0. The Hall–Kier alpha value is -1.86. The molecule has 0 amide bonds. The summed E-state index contributed by atoms with van der Waals surface area (Å²) in [6, 6.07) is 8.30. The largest absolute Gasteiger partial charge is 0.266 e. The van der Waals surface area contributed by atoms with Crippen LogP contribution in [0.15, 0.2) is 18.2 Å². The van der Waals surface area contributed by atoms with Crippen LogP contribution in [-0.4, -0.2) is 10.2 Å². The van der Waals surface area contributed by atoms with Crippen molar-refractivity contribution in [3.63, 3.8) is 0 Å². The van der Waals surface area contributed by atoms with Crippen LogP contribution in [0.25, 0.3) is 20.3 Å². The topological polar surface area (TPSA) is 52.5 Å². The zero-order valence-corrected chi connectivity index (χ0v) is 8.85. The van der Waals surface area contributed by atoms with E-state index in [4.69, 9.17) is 5.26 Å². The monoisotopic (exact) mass is 213 g/mol. The smallest absolute Gasteiger partial charge is 0.147 e. The van der Waals surface area contributed by atoms with Crippen molar-refractivity contribution < 1.29 is 0 Å². The van der Waals surface area contributed by atoms with Gasteiger partial charge in [-0.1, -0.05) is 12.1 Å². The van der Waals surface area contributed by atoms with Crippen molar-refractivity contribution in [3.8, 4) is 6.07 Å². The second kappa shape index (κ2) is 2.81. The highest BCUT2D eigenvalue weighted by Crippen LogP contribution is 2.35. The van der Waals surface area contributed by atoms with Gasteiger partial charge in [-0.25, -0.2) is 0 Å². The Labute approximate surface area is 90.0 Å². The number of nitrogens with zero attached hydrogens (tertiary/aromatic N) is 2. The highest BCUT2D eigenvalue weighted by molar-refractivity contribution is 7.25. The quantitative estimate of drug-likeness (QED) is 0.624. The van der Waals surface area contributed by atoms with Gasteiger partial charge in [0.15, 0.2) is 0 Å². The minimum atomic E-state index is 0.561. The Morgan fingerprint density at radius 2 is 2.27 bits per heavy atom. The summed E-state index contributed by atoms with van der Waals surface area (Å²) in [7, 11) is 0. The maximum Gasteiger partial charge on any atom is 0.147 e. The summed E-state index contributed by atoms with van der Waals surface area (Å²) < 4.78 is 1.19. The molecular weight excluding hydrogens is 206 g/mol. The molecule has 1 N–H and O–H groups in total. The predicted octanol–water partition coefficient (Wildman–Crippen LogP) is 2.96. The molecule has 3 aromatic rings. The number of rotatable bonds is 0. The van der Waals surface area contributed by atoms with E-state index in [1.165, 1.54) is 10.3 Å². The second-order valence-corrected chi connectivity index (χ2v) is 4.47. The molecule has 72 valence electrons.